The number of benzene rings is 1. The Balaban J connectivity index is 1.82. The molecule has 1 fully saturated rings. The molecule has 0 radical (unpaired) electrons. The number of nitrogens with zero attached hydrogens (tertiary/aromatic N) is 2. The van der Waals surface area contributed by atoms with Gasteiger partial charge in [-0.25, -0.2) is 4.39 Å². The Morgan fingerprint density at radius 1 is 1.55 bits per heavy atom. The molecule has 2 atom stereocenters. The molecule has 29 heavy (non-hydrogen) atoms. The van der Waals surface area contributed by atoms with Crippen LogP contribution in [0.1, 0.15) is 55.1 Å². The molecule has 1 heterocycles. The number of carbonyl (C=O) groups excluding carboxylic acids is 1. The van der Waals surface area contributed by atoms with Crippen LogP contribution in [-0.2, 0) is 11.8 Å². The Bertz CT molecular complexity index is 917. The Hall–Kier alpha value is -2.16. The molecule has 1 amide bonds. The van der Waals surface area contributed by atoms with Gasteiger partial charge in [-0.15, -0.1) is 0 Å². The second kappa shape index (κ2) is 8.30. The van der Waals surface area contributed by atoms with Gasteiger partial charge in [-0.2, -0.15) is 5.10 Å². The highest BCUT2D eigenvalue weighted by Crippen LogP contribution is 2.42. The smallest absolute Gasteiger partial charge is 0.261 e. The van der Waals surface area contributed by atoms with Crippen molar-refractivity contribution in [2.75, 3.05) is 17.7 Å². The number of aromatic nitrogens is 2. The van der Waals surface area contributed by atoms with Crippen molar-refractivity contribution in [1.82, 2.24) is 9.78 Å². The highest BCUT2D eigenvalue weighted by molar-refractivity contribution is 6.31. The maximum absolute atomic E-state index is 13.4. The van der Waals surface area contributed by atoms with Crippen molar-refractivity contribution in [1.29, 1.82) is 0 Å². The predicted molar refractivity (Wildman–Crippen MR) is 110 cm³/mol. The first kappa shape index (κ1) is 21.5. The molecule has 2 aromatic rings. The molecule has 1 saturated carbocycles. The molecular weight excluding hydrogens is 399 g/mol. The summed E-state index contributed by atoms with van der Waals surface area (Å²) in [4.78, 5) is 12.9. The summed E-state index contributed by atoms with van der Waals surface area (Å²) >= 11 is 5.79. The van der Waals surface area contributed by atoms with Crippen molar-refractivity contribution in [3.63, 3.8) is 0 Å². The Morgan fingerprint density at radius 3 is 2.93 bits per heavy atom. The van der Waals surface area contributed by atoms with E-state index in [1.165, 1.54) is 22.9 Å². The molecule has 4 N–H and O–H groups in total. The molecule has 0 spiro atoms. The van der Waals surface area contributed by atoms with Crippen LogP contribution in [0.3, 0.4) is 0 Å². The normalized spacial score (nSPS) is 21.7. The summed E-state index contributed by atoms with van der Waals surface area (Å²) in [6.07, 6.45) is 1.67. The standard InChI is InChI=1S/C20H26ClFN4O3/c1-11(2)29-10-20(28)7-6-12(9-20)17-16(18(23)26(3)25-17)19(27)24-13-4-5-15(22)14(21)8-13/h4-5,8,11-12,28H,6-7,9-10,23H2,1-3H3,(H,24,27). The quantitative estimate of drug-likeness (QED) is 0.658. The number of hydrogen-bond donors (Lipinski definition) is 3. The zero-order valence-corrected chi connectivity index (χ0v) is 17.5. The summed E-state index contributed by atoms with van der Waals surface area (Å²) in [5, 5.41) is 17.9. The minimum absolute atomic E-state index is 0.0208. The number of nitrogen functional groups attached to an aromatic ring is 1. The SMILES string of the molecule is CC(C)OCC1(O)CCC(c2nn(C)c(N)c2C(=O)Nc2ccc(F)c(Cl)c2)C1. The zero-order chi connectivity index (χ0) is 21.3. The van der Waals surface area contributed by atoms with Gasteiger partial charge in [-0.1, -0.05) is 11.6 Å². The molecule has 0 saturated heterocycles. The number of aliphatic hydroxyl groups is 1. The summed E-state index contributed by atoms with van der Waals surface area (Å²) in [6.45, 7) is 4.07. The first-order valence-corrected chi connectivity index (χ1v) is 9.90. The number of amides is 1. The number of nitrogens with one attached hydrogen (secondary N) is 1. The molecule has 7 nitrogen and oxygen atoms in total. The number of halogens is 2. The van der Waals surface area contributed by atoms with Crippen LogP contribution in [0.15, 0.2) is 18.2 Å². The average Bonchev–Trinajstić information content (AvgIpc) is 3.18. The van der Waals surface area contributed by atoms with Gasteiger partial charge >= 0.3 is 0 Å². The predicted octanol–water partition coefficient (Wildman–Crippen LogP) is 3.47. The van der Waals surface area contributed by atoms with Crippen LogP contribution < -0.4 is 11.1 Å². The van der Waals surface area contributed by atoms with Gasteiger partial charge in [0.05, 0.1) is 29.0 Å². The van der Waals surface area contributed by atoms with Crippen molar-refractivity contribution in [3.05, 3.63) is 40.3 Å². The minimum atomic E-state index is -0.959. The van der Waals surface area contributed by atoms with Gasteiger partial charge in [-0.3, -0.25) is 9.48 Å². The van der Waals surface area contributed by atoms with E-state index in [-0.39, 0.29) is 35.0 Å². The van der Waals surface area contributed by atoms with E-state index in [9.17, 15) is 14.3 Å². The molecule has 2 unspecified atom stereocenters. The Labute approximate surface area is 174 Å². The monoisotopic (exact) mass is 424 g/mol. The molecule has 1 aromatic carbocycles. The lowest BCUT2D eigenvalue weighted by atomic mass is 9.96. The van der Waals surface area contributed by atoms with Crippen LogP contribution in [0.5, 0.6) is 0 Å². The molecule has 0 bridgehead atoms. The van der Waals surface area contributed by atoms with Gasteiger partial charge in [0.15, 0.2) is 0 Å². The van der Waals surface area contributed by atoms with Gasteiger partial charge in [0.2, 0.25) is 0 Å². The zero-order valence-electron chi connectivity index (χ0n) is 16.7. The van der Waals surface area contributed by atoms with E-state index in [0.29, 0.717) is 30.6 Å². The summed E-state index contributed by atoms with van der Waals surface area (Å²) < 4.78 is 20.4. The van der Waals surface area contributed by atoms with Crippen LogP contribution >= 0.6 is 11.6 Å². The molecule has 3 rings (SSSR count). The first-order chi connectivity index (χ1) is 13.6. The summed E-state index contributed by atoms with van der Waals surface area (Å²) in [6, 6.07) is 3.93. The van der Waals surface area contributed by atoms with Crippen LogP contribution in [0.4, 0.5) is 15.9 Å². The fourth-order valence-electron chi connectivity index (χ4n) is 3.64. The Kier molecular flexibility index (Phi) is 6.16. The van der Waals surface area contributed by atoms with Gasteiger partial charge < -0.3 is 20.9 Å². The topological polar surface area (TPSA) is 102 Å². The van der Waals surface area contributed by atoms with Gasteiger partial charge in [0, 0.05) is 18.7 Å². The van der Waals surface area contributed by atoms with E-state index >= 15 is 0 Å². The third-order valence-electron chi connectivity index (χ3n) is 5.18. The second-order valence-corrected chi connectivity index (χ2v) is 8.28. The molecule has 158 valence electrons. The number of ether oxygens (including phenoxy) is 1. The Morgan fingerprint density at radius 2 is 2.28 bits per heavy atom. The van der Waals surface area contributed by atoms with E-state index in [4.69, 9.17) is 22.1 Å². The lowest BCUT2D eigenvalue weighted by molar-refractivity contribution is -0.0609. The van der Waals surface area contributed by atoms with E-state index in [1.54, 1.807) is 7.05 Å². The van der Waals surface area contributed by atoms with Crippen molar-refractivity contribution in [3.8, 4) is 0 Å². The third-order valence-corrected chi connectivity index (χ3v) is 5.47. The number of nitrogens with two attached hydrogens (primary N) is 1. The van der Waals surface area contributed by atoms with E-state index in [1.807, 2.05) is 13.8 Å². The maximum atomic E-state index is 13.4. The molecule has 1 aliphatic rings. The molecular formula is C20H26ClFN4O3. The molecule has 9 heteroatoms. The van der Waals surface area contributed by atoms with Crippen LogP contribution in [0.2, 0.25) is 5.02 Å². The maximum Gasteiger partial charge on any atom is 0.261 e. The van der Waals surface area contributed by atoms with Crippen LogP contribution in [0, 0.1) is 5.82 Å². The number of rotatable bonds is 6. The van der Waals surface area contributed by atoms with Crippen molar-refractivity contribution < 1.29 is 19.0 Å². The van der Waals surface area contributed by atoms with Gasteiger partial charge in [-0.05, 0) is 51.3 Å². The minimum Gasteiger partial charge on any atom is -0.387 e. The number of aryl methyl sites for hydroxylation is 1. The van der Waals surface area contributed by atoms with E-state index in [2.05, 4.69) is 10.4 Å². The lowest BCUT2D eigenvalue weighted by Crippen LogP contribution is -2.32. The highest BCUT2D eigenvalue weighted by Gasteiger charge is 2.41. The fraction of sp³-hybridized carbons (Fsp3) is 0.500. The fourth-order valence-corrected chi connectivity index (χ4v) is 3.82. The van der Waals surface area contributed by atoms with Crippen LogP contribution in [0.25, 0.3) is 0 Å². The third kappa shape index (κ3) is 4.71. The molecule has 1 aromatic heterocycles. The number of carbonyl (C=O) groups is 1. The van der Waals surface area contributed by atoms with Crippen molar-refractivity contribution >= 4 is 29.0 Å². The van der Waals surface area contributed by atoms with Gasteiger partial charge in [0.1, 0.15) is 17.2 Å². The largest absolute Gasteiger partial charge is 0.387 e. The molecule has 0 aliphatic heterocycles. The summed E-state index contributed by atoms with van der Waals surface area (Å²) in [5.74, 6) is -0.932. The summed E-state index contributed by atoms with van der Waals surface area (Å²) in [7, 11) is 1.66. The first-order valence-electron chi connectivity index (χ1n) is 9.52. The summed E-state index contributed by atoms with van der Waals surface area (Å²) in [5.41, 5.74) is 6.30. The highest BCUT2D eigenvalue weighted by atomic mass is 35.5. The second-order valence-electron chi connectivity index (χ2n) is 7.88. The lowest BCUT2D eigenvalue weighted by Gasteiger charge is -2.24. The molecule has 1 aliphatic carbocycles. The number of anilines is 2. The van der Waals surface area contributed by atoms with Crippen LogP contribution in [-0.4, -0.2) is 39.1 Å². The van der Waals surface area contributed by atoms with E-state index in [0.717, 1.165) is 0 Å². The van der Waals surface area contributed by atoms with Crippen molar-refractivity contribution in [2.24, 2.45) is 7.05 Å². The van der Waals surface area contributed by atoms with Gasteiger partial charge in [0.25, 0.3) is 5.91 Å². The average molecular weight is 425 g/mol. The van der Waals surface area contributed by atoms with E-state index < -0.39 is 17.3 Å². The van der Waals surface area contributed by atoms with Crippen molar-refractivity contribution in [2.45, 2.75) is 50.7 Å². The number of hydrogen-bond acceptors (Lipinski definition) is 5.